The van der Waals surface area contributed by atoms with Gasteiger partial charge in [0.25, 0.3) is 0 Å². The Hall–Kier alpha value is -3.17. The van der Waals surface area contributed by atoms with Crippen molar-refractivity contribution in [3.05, 3.63) is 59.4 Å². The zero-order valence-electron chi connectivity index (χ0n) is 21.7. The Morgan fingerprint density at radius 1 is 1.08 bits per heavy atom. The number of methoxy groups -OCH3 is 3. The molecule has 1 amide bonds. The molecule has 1 saturated carbocycles. The lowest BCUT2D eigenvalue weighted by molar-refractivity contribution is -0.150. The quantitative estimate of drug-likeness (QED) is 0.421. The van der Waals surface area contributed by atoms with Crippen LogP contribution in [0.3, 0.4) is 0 Å². The van der Waals surface area contributed by atoms with Crippen LogP contribution in [0.5, 0.6) is 11.5 Å². The lowest BCUT2D eigenvalue weighted by atomic mass is 9.94. The number of piperidine rings is 1. The molecule has 2 fully saturated rings. The summed E-state index contributed by atoms with van der Waals surface area (Å²) in [6.45, 7) is 1.70. The first kappa shape index (κ1) is 26.9. The lowest BCUT2D eigenvalue weighted by Gasteiger charge is -2.30. The van der Waals surface area contributed by atoms with E-state index < -0.39 is 23.7 Å². The van der Waals surface area contributed by atoms with E-state index in [1.165, 1.54) is 19.6 Å². The van der Waals surface area contributed by atoms with Crippen molar-refractivity contribution in [2.24, 2.45) is 11.8 Å². The maximum Gasteiger partial charge on any atom is 0.329 e. The van der Waals surface area contributed by atoms with E-state index in [1.54, 1.807) is 57.5 Å². The van der Waals surface area contributed by atoms with Gasteiger partial charge in [-0.15, -0.1) is 0 Å². The van der Waals surface area contributed by atoms with Crippen molar-refractivity contribution in [1.29, 1.82) is 0 Å². The van der Waals surface area contributed by atoms with Crippen LogP contribution in [-0.2, 0) is 32.1 Å². The van der Waals surface area contributed by atoms with Crippen LogP contribution in [0.2, 0.25) is 0 Å². The van der Waals surface area contributed by atoms with Gasteiger partial charge in [0.15, 0.2) is 0 Å². The van der Waals surface area contributed by atoms with Crippen molar-refractivity contribution in [1.82, 2.24) is 10.6 Å². The Kier molecular flexibility index (Phi) is 8.66. The van der Waals surface area contributed by atoms with E-state index in [0.29, 0.717) is 34.6 Å². The van der Waals surface area contributed by atoms with Crippen molar-refractivity contribution in [3.63, 3.8) is 0 Å². The van der Waals surface area contributed by atoms with Crippen LogP contribution in [0.1, 0.15) is 30.9 Å². The van der Waals surface area contributed by atoms with Crippen LogP contribution in [0, 0.1) is 17.7 Å². The monoisotopic (exact) mass is 514 g/mol. The first-order chi connectivity index (χ1) is 17.8. The molecule has 4 rings (SSSR count). The van der Waals surface area contributed by atoms with E-state index in [2.05, 4.69) is 10.6 Å². The standard InChI is InChI=1S/C28H35FN2O6/c1-16(26(36-4)23-13-19-12-22(19)30-23)27(32)31-24(11-17-7-5-6-8-21(17)29)28(33)37-15-18-9-10-20(34-2)14-25(18)35-3/h5-10,14,16,19,22-24,26,30H,11-13,15H2,1-4H3,(H,31,32)/t16-,19+,22+,23+,24?,26-/m1/s1. The second kappa shape index (κ2) is 11.9. The summed E-state index contributed by atoms with van der Waals surface area (Å²) in [4.78, 5) is 26.5. The predicted molar refractivity (Wildman–Crippen MR) is 135 cm³/mol. The zero-order valence-corrected chi connectivity index (χ0v) is 21.7. The third-order valence-electron chi connectivity index (χ3n) is 7.33. The molecule has 1 unspecified atom stereocenters. The summed E-state index contributed by atoms with van der Waals surface area (Å²) < 4.78 is 36.3. The van der Waals surface area contributed by atoms with Gasteiger partial charge in [0.2, 0.25) is 5.91 Å². The topological polar surface area (TPSA) is 95.1 Å². The molecular formula is C28H35FN2O6. The Balaban J connectivity index is 1.46. The van der Waals surface area contributed by atoms with Crippen LogP contribution in [0.15, 0.2) is 42.5 Å². The average Bonchev–Trinajstić information content (AvgIpc) is 3.52. The highest BCUT2D eigenvalue weighted by molar-refractivity contribution is 5.86. The first-order valence-electron chi connectivity index (χ1n) is 12.5. The van der Waals surface area contributed by atoms with E-state index in [1.807, 2.05) is 0 Å². The number of amides is 1. The Labute approximate surface area is 216 Å². The van der Waals surface area contributed by atoms with Gasteiger partial charge in [0.1, 0.15) is 30.0 Å². The van der Waals surface area contributed by atoms with Crippen LogP contribution in [0.4, 0.5) is 4.39 Å². The van der Waals surface area contributed by atoms with Gasteiger partial charge in [-0.05, 0) is 42.5 Å². The molecule has 6 atom stereocenters. The molecule has 1 aliphatic carbocycles. The minimum absolute atomic E-state index is 0.0484. The molecule has 2 aromatic carbocycles. The normalized spacial score (nSPS) is 22.4. The van der Waals surface area contributed by atoms with Crippen LogP contribution >= 0.6 is 0 Å². The van der Waals surface area contributed by atoms with E-state index in [4.69, 9.17) is 18.9 Å². The van der Waals surface area contributed by atoms with Crippen LogP contribution in [0.25, 0.3) is 0 Å². The van der Waals surface area contributed by atoms with Gasteiger partial charge in [0.05, 0.1) is 26.2 Å². The highest BCUT2D eigenvalue weighted by Gasteiger charge is 2.49. The van der Waals surface area contributed by atoms with Gasteiger partial charge in [-0.25, -0.2) is 9.18 Å². The third kappa shape index (κ3) is 6.40. The molecule has 2 N–H and O–H groups in total. The van der Waals surface area contributed by atoms with Gasteiger partial charge < -0.3 is 29.6 Å². The molecule has 1 heterocycles. The number of hydrogen-bond acceptors (Lipinski definition) is 7. The number of benzene rings is 2. The molecule has 0 radical (unpaired) electrons. The summed E-state index contributed by atoms with van der Waals surface area (Å²) in [5.41, 5.74) is 0.937. The average molecular weight is 515 g/mol. The molecule has 1 saturated heterocycles. The smallest absolute Gasteiger partial charge is 0.329 e. The summed E-state index contributed by atoms with van der Waals surface area (Å²) in [5, 5.41) is 6.33. The first-order valence-corrected chi connectivity index (χ1v) is 12.5. The second-order valence-corrected chi connectivity index (χ2v) is 9.74. The summed E-state index contributed by atoms with van der Waals surface area (Å²) in [6.07, 6.45) is 1.74. The molecule has 9 heteroatoms. The van der Waals surface area contributed by atoms with Crippen molar-refractivity contribution in [2.75, 3.05) is 21.3 Å². The molecule has 8 nitrogen and oxygen atoms in total. The minimum atomic E-state index is -1.08. The van der Waals surface area contributed by atoms with Gasteiger partial charge in [-0.1, -0.05) is 25.1 Å². The maximum absolute atomic E-state index is 14.4. The molecule has 0 bridgehead atoms. The van der Waals surface area contributed by atoms with Crippen molar-refractivity contribution >= 4 is 11.9 Å². The number of ether oxygens (including phenoxy) is 4. The van der Waals surface area contributed by atoms with E-state index >= 15 is 0 Å². The number of nitrogens with one attached hydrogen (secondary N) is 2. The highest BCUT2D eigenvalue weighted by Crippen LogP contribution is 2.42. The van der Waals surface area contributed by atoms with E-state index in [-0.39, 0.29) is 31.1 Å². The molecule has 2 aliphatic rings. The second-order valence-electron chi connectivity index (χ2n) is 9.74. The summed E-state index contributed by atoms with van der Waals surface area (Å²) in [6, 6.07) is 10.8. The van der Waals surface area contributed by atoms with Crippen molar-refractivity contribution in [3.8, 4) is 11.5 Å². The van der Waals surface area contributed by atoms with E-state index in [0.717, 1.165) is 6.42 Å². The predicted octanol–water partition coefficient (Wildman–Crippen LogP) is 3.02. The molecule has 37 heavy (non-hydrogen) atoms. The number of carbonyl (C=O) groups is 2. The van der Waals surface area contributed by atoms with Gasteiger partial charge >= 0.3 is 5.97 Å². The van der Waals surface area contributed by atoms with Gasteiger partial charge in [-0.3, -0.25) is 4.79 Å². The fraction of sp³-hybridized carbons (Fsp3) is 0.500. The SMILES string of the molecule is COc1ccc(COC(=O)C(Cc2ccccc2F)NC(=O)[C@H](C)[C@@H](OC)[C@@H]2C[C@@H]3C[C@@H]3N2)c(OC)c1. The maximum atomic E-state index is 14.4. The van der Waals surface area contributed by atoms with Gasteiger partial charge in [-0.2, -0.15) is 0 Å². The Morgan fingerprint density at radius 2 is 1.86 bits per heavy atom. The lowest BCUT2D eigenvalue weighted by Crippen LogP contribution is -2.51. The molecular weight excluding hydrogens is 479 g/mol. The van der Waals surface area contributed by atoms with Crippen molar-refractivity contribution < 1.29 is 32.9 Å². The zero-order chi connectivity index (χ0) is 26.5. The molecule has 0 spiro atoms. The fourth-order valence-corrected chi connectivity index (χ4v) is 5.08. The number of halogens is 1. The van der Waals surface area contributed by atoms with Crippen molar-refractivity contribution in [2.45, 2.75) is 57.0 Å². The minimum Gasteiger partial charge on any atom is -0.497 e. The number of fused-ring (bicyclic) bond motifs is 1. The summed E-state index contributed by atoms with van der Waals surface area (Å²) >= 11 is 0. The molecule has 2 aromatic rings. The molecule has 0 aromatic heterocycles. The number of carbonyl (C=O) groups excluding carboxylic acids is 2. The largest absolute Gasteiger partial charge is 0.497 e. The number of rotatable bonds is 12. The Morgan fingerprint density at radius 3 is 2.51 bits per heavy atom. The third-order valence-corrected chi connectivity index (χ3v) is 7.33. The number of esters is 1. The van der Waals surface area contributed by atoms with Gasteiger partial charge in [0, 0.05) is 37.2 Å². The highest BCUT2D eigenvalue weighted by atomic mass is 19.1. The molecule has 200 valence electrons. The summed E-state index contributed by atoms with van der Waals surface area (Å²) in [5.74, 6) is -0.254. The Bertz CT molecular complexity index is 1100. The summed E-state index contributed by atoms with van der Waals surface area (Å²) in [7, 11) is 4.65. The van der Waals surface area contributed by atoms with Crippen LogP contribution < -0.4 is 20.1 Å². The molecule has 1 aliphatic heterocycles. The van der Waals surface area contributed by atoms with Crippen LogP contribution in [-0.4, -0.2) is 57.4 Å². The number of hydrogen-bond donors (Lipinski definition) is 2. The fourth-order valence-electron chi connectivity index (χ4n) is 5.08. The van der Waals surface area contributed by atoms with E-state index in [9.17, 15) is 14.0 Å².